The predicted molar refractivity (Wildman–Crippen MR) is 129 cm³/mol. The molecule has 1 heterocycles. The van der Waals surface area contributed by atoms with Gasteiger partial charge in [0.2, 0.25) is 5.91 Å². The van der Waals surface area contributed by atoms with Gasteiger partial charge in [-0.05, 0) is 79.7 Å². The van der Waals surface area contributed by atoms with Gasteiger partial charge in [0.15, 0.2) is 5.13 Å². The van der Waals surface area contributed by atoms with E-state index in [0.29, 0.717) is 33.6 Å². The zero-order valence-electron chi connectivity index (χ0n) is 18.7. The number of hydrogen-bond acceptors (Lipinski definition) is 5. The van der Waals surface area contributed by atoms with E-state index in [1.165, 1.54) is 53.9 Å². The Hall–Kier alpha value is -2.80. The summed E-state index contributed by atoms with van der Waals surface area (Å²) in [7, 11) is 0. The number of nitro groups is 1. The summed E-state index contributed by atoms with van der Waals surface area (Å²) in [5, 5.41) is 14.6. The van der Waals surface area contributed by atoms with Gasteiger partial charge in [0, 0.05) is 18.6 Å². The molecule has 1 aromatic heterocycles. The number of aromatic nitrogens is 1. The Bertz CT molecular complexity index is 1250. The zero-order valence-corrected chi connectivity index (χ0v) is 19.5. The van der Waals surface area contributed by atoms with Crippen LogP contribution in [0.1, 0.15) is 56.1 Å². The fourth-order valence-electron chi connectivity index (χ4n) is 7.49. The number of rotatable bonds is 5. The Balaban J connectivity index is 1.22. The van der Waals surface area contributed by atoms with Crippen molar-refractivity contribution in [3.8, 4) is 0 Å². The highest BCUT2D eigenvalue weighted by molar-refractivity contribution is 7.22. The third-order valence-electron chi connectivity index (χ3n) is 8.21. The molecule has 0 aliphatic heterocycles. The summed E-state index contributed by atoms with van der Waals surface area (Å²) in [5.41, 5.74) is 3.74. The number of fused-ring (bicyclic) bond motifs is 1. The van der Waals surface area contributed by atoms with Crippen LogP contribution in [-0.4, -0.2) is 15.8 Å². The lowest BCUT2D eigenvalue weighted by Crippen LogP contribution is -2.54. The monoisotopic (exact) mass is 461 g/mol. The number of non-ortho nitro benzene ring substituents is 1. The average molecular weight is 462 g/mol. The number of aryl methyl sites for hydroxylation is 1. The molecule has 7 rings (SSSR count). The lowest BCUT2D eigenvalue weighted by Gasteiger charge is -2.62. The molecule has 3 aromatic rings. The number of nitrogens with zero attached hydrogens (tertiary/aromatic N) is 2. The van der Waals surface area contributed by atoms with Crippen LogP contribution in [-0.2, 0) is 10.2 Å². The molecule has 0 saturated heterocycles. The molecule has 2 unspecified atom stereocenters. The molecule has 4 aliphatic carbocycles. The van der Waals surface area contributed by atoms with Gasteiger partial charge < -0.3 is 5.32 Å². The molecule has 7 heteroatoms. The van der Waals surface area contributed by atoms with E-state index in [0.717, 1.165) is 19.3 Å². The van der Waals surface area contributed by atoms with E-state index in [9.17, 15) is 14.9 Å². The Morgan fingerprint density at radius 2 is 1.88 bits per heavy atom. The summed E-state index contributed by atoms with van der Waals surface area (Å²) in [6.45, 7) is 2.13. The number of carbonyl (C=O) groups excluding carboxylic acids is 1. The van der Waals surface area contributed by atoms with Crippen LogP contribution in [0.5, 0.6) is 0 Å². The first-order chi connectivity index (χ1) is 15.8. The molecule has 33 heavy (non-hydrogen) atoms. The van der Waals surface area contributed by atoms with E-state index in [-0.39, 0.29) is 22.4 Å². The third-order valence-corrected chi connectivity index (χ3v) is 9.14. The first-order valence-corrected chi connectivity index (χ1v) is 12.6. The fraction of sp³-hybridized carbons (Fsp3) is 0.462. The van der Waals surface area contributed by atoms with E-state index in [1.54, 1.807) is 6.07 Å². The van der Waals surface area contributed by atoms with Crippen molar-refractivity contribution in [1.29, 1.82) is 0 Å². The highest BCUT2D eigenvalue weighted by Gasteiger charge is 2.58. The minimum atomic E-state index is -0.408. The number of nitrogens with one attached hydrogen (secondary N) is 1. The van der Waals surface area contributed by atoms with Gasteiger partial charge in [-0.15, -0.1) is 0 Å². The third kappa shape index (κ3) is 3.62. The highest BCUT2D eigenvalue weighted by Crippen LogP contribution is 2.66. The topological polar surface area (TPSA) is 85.1 Å². The molecule has 4 bridgehead atoms. The molecule has 2 aromatic carbocycles. The molecule has 0 spiro atoms. The van der Waals surface area contributed by atoms with Crippen LogP contribution in [0, 0.1) is 34.3 Å². The van der Waals surface area contributed by atoms with Crippen LogP contribution in [0.3, 0.4) is 0 Å². The Labute approximate surface area is 196 Å². The minimum absolute atomic E-state index is 0.0181. The van der Waals surface area contributed by atoms with Gasteiger partial charge in [0.25, 0.3) is 5.69 Å². The van der Waals surface area contributed by atoms with E-state index >= 15 is 0 Å². The second-order valence-electron chi connectivity index (χ2n) is 10.8. The maximum absolute atomic E-state index is 13.2. The van der Waals surface area contributed by atoms with Gasteiger partial charge in [0.05, 0.1) is 15.1 Å². The smallest absolute Gasteiger partial charge is 0.270 e. The Morgan fingerprint density at radius 3 is 2.58 bits per heavy atom. The molecular weight excluding hydrogens is 434 g/mol. The quantitative estimate of drug-likeness (QED) is 0.353. The Morgan fingerprint density at radius 1 is 1.15 bits per heavy atom. The second kappa shape index (κ2) is 7.35. The molecule has 170 valence electrons. The van der Waals surface area contributed by atoms with Crippen molar-refractivity contribution in [2.45, 2.75) is 57.3 Å². The summed E-state index contributed by atoms with van der Waals surface area (Å²) in [4.78, 5) is 28.3. The molecule has 0 radical (unpaired) electrons. The molecule has 4 fully saturated rings. The van der Waals surface area contributed by atoms with Gasteiger partial charge in [-0.3, -0.25) is 14.9 Å². The summed E-state index contributed by atoms with van der Waals surface area (Å²) in [6.07, 6.45) is 7.75. The minimum Gasteiger partial charge on any atom is -0.302 e. The van der Waals surface area contributed by atoms with Gasteiger partial charge in [-0.25, -0.2) is 4.98 Å². The maximum Gasteiger partial charge on any atom is 0.270 e. The first kappa shape index (κ1) is 20.8. The van der Waals surface area contributed by atoms with E-state index in [1.807, 2.05) is 0 Å². The first-order valence-electron chi connectivity index (χ1n) is 11.7. The number of hydrogen-bond donors (Lipinski definition) is 1. The van der Waals surface area contributed by atoms with Crippen molar-refractivity contribution in [1.82, 2.24) is 4.98 Å². The van der Waals surface area contributed by atoms with Crippen LogP contribution in [0.2, 0.25) is 0 Å². The van der Waals surface area contributed by atoms with Crippen LogP contribution < -0.4 is 5.32 Å². The van der Waals surface area contributed by atoms with Crippen molar-refractivity contribution in [2.75, 3.05) is 5.32 Å². The fourth-order valence-corrected chi connectivity index (χ4v) is 8.40. The van der Waals surface area contributed by atoms with Crippen molar-refractivity contribution >= 4 is 38.3 Å². The molecule has 1 amide bonds. The van der Waals surface area contributed by atoms with Crippen molar-refractivity contribution in [3.05, 3.63) is 63.7 Å². The molecule has 1 N–H and O–H groups in total. The highest BCUT2D eigenvalue weighted by atomic mass is 32.1. The lowest BCUT2D eigenvalue weighted by atomic mass is 9.42. The van der Waals surface area contributed by atoms with E-state index < -0.39 is 4.92 Å². The number of thiazole rings is 1. The summed E-state index contributed by atoms with van der Waals surface area (Å²) < 4.78 is 0.715. The largest absolute Gasteiger partial charge is 0.302 e. The van der Waals surface area contributed by atoms with E-state index in [4.69, 9.17) is 0 Å². The lowest BCUT2D eigenvalue weighted by molar-refractivity contribution is -0.384. The van der Waals surface area contributed by atoms with Gasteiger partial charge in [0.1, 0.15) is 0 Å². The SMILES string of the molecule is Cc1ccc(C23CC4CC(CC(CC(=O)Nc5nc6ccc([N+](=O)[O-])cc6s5)(C4)C2)C3)cc1. The second-order valence-corrected chi connectivity index (χ2v) is 11.8. The van der Waals surface area contributed by atoms with Crippen LogP contribution >= 0.6 is 11.3 Å². The van der Waals surface area contributed by atoms with Gasteiger partial charge >= 0.3 is 0 Å². The van der Waals surface area contributed by atoms with Crippen molar-refractivity contribution < 1.29 is 9.72 Å². The summed E-state index contributed by atoms with van der Waals surface area (Å²) in [5.74, 6) is 1.44. The average Bonchev–Trinajstić information content (AvgIpc) is 3.13. The van der Waals surface area contributed by atoms with E-state index in [2.05, 4.69) is 41.5 Å². The molecule has 4 saturated carbocycles. The Kier molecular flexibility index (Phi) is 4.63. The number of amides is 1. The molecule has 4 aliphatic rings. The van der Waals surface area contributed by atoms with Crippen LogP contribution in [0.15, 0.2) is 42.5 Å². The number of benzene rings is 2. The number of anilines is 1. The molecule has 2 atom stereocenters. The summed E-state index contributed by atoms with van der Waals surface area (Å²) in [6, 6.07) is 13.7. The molecular formula is C26H27N3O3S. The standard InChI is InChI=1S/C26H27N3O3S/c1-16-2-4-19(5-3-16)26-12-17-8-18(13-26)11-25(10-17,15-26)14-23(30)28-24-27-21-7-6-20(29(31)32)9-22(21)33-24/h2-7,9,17-18H,8,10-15H2,1H3,(H,27,28,30). The van der Waals surface area contributed by atoms with Crippen LogP contribution in [0.25, 0.3) is 10.2 Å². The zero-order chi connectivity index (χ0) is 22.8. The van der Waals surface area contributed by atoms with Gasteiger partial charge in [-0.1, -0.05) is 41.2 Å². The molecule has 6 nitrogen and oxygen atoms in total. The maximum atomic E-state index is 13.2. The normalized spacial score (nSPS) is 30.0. The van der Waals surface area contributed by atoms with Crippen molar-refractivity contribution in [2.24, 2.45) is 17.3 Å². The van der Waals surface area contributed by atoms with Crippen LogP contribution in [0.4, 0.5) is 10.8 Å². The predicted octanol–water partition coefficient (Wildman–Crippen LogP) is 6.38. The number of nitro benzene ring substituents is 1. The van der Waals surface area contributed by atoms with Crippen molar-refractivity contribution in [3.63, 3.8) is 0 Å². The number of carbonyl (C=O) groups is 1. The summed E-state index contributed by atoms with van der Waals surface area (Å²) >= 11 is 1.30. The van der Waals surface area contributed by atoms with Gasteiger partial charge in [-0.2, -0.15) is 0 Å².